The van der Waals surface area contributed by atoms with E-state index in [1.807, 2.05) is 0 Å². The number of esters is 1. The summed E-state index contributed by atoms with van der Waals surface area (Å²) in [7, 11) is 0. The Hall–Kier alpha value is -3.74. The number of aromatic nitrogens is 1. The van der Waals surface area contributed by atoms with E-state index >= 15 is 0 Å². The SMILES string of the molecule is O=C(CCC(=O)c1ccc2c(c1)OCCO2)OC(c1cccc(F)c1)c1ccccn1. The van der Waals surface area contributed by atoms with Gasteiger partial charge in [-0.2, -0.15) is 0 Å². The Bertz CT molecular complexity index is 1090. The fourth-order valence-electron chi connectivity index (χ4n) is 3.27. The number of hydrogen-bond donors (Lipinski definition) is 0. The van der Waals surface area contributed by atoms with Crippen LogP contribution in [-0.2, 0) is 9.53 Å². The van der Waals surface area contributed by atoms with Gasteiger partial charge in [0.25, 0.3) is 0 Å². The molecule has 2 heterocycles. The molecule has 1 unspecified atom stereocenters. The molecule has 0 fully saturated rings. The van der Waals surface area contributed by atoms with E-state index in [0.29, 0.717) is 41.5 Å². The van der Waals surface area contributed by atoms with Crippen molar-refractivity contribution in [2.45, 2.75) is 18.9 Å². The molecule has 1 aliphatic heterocycles. The topological polar surface area (TPSA) is 74.7 Å². The molecule has 3 aromatic rings. The second-order valence-electron chi connectivity index (χ2n) is 6.96. The zero-order valence-corrected chi connectivity index (χ0v) is 16.6. The largest absolute Gasteiger partial charge is 0.486 e. The number of carbonyl (C=O) groups excluding carboxylic acids is 2. The van der Waals surface area contributed by atoms with Gasteiger partial charge in [-0.15, -0.1) is 0 Å². The number of nitrogens with zero attached hydrogens (tertiary/aromatic N) is 1. The van der Waals surface area contributed by atoms with Crippen LogP contribution in [0.3, 0.4) is 0 Å². The molecule has 0 radical (unpaired) electrons. The molecule has 2 aromatic carbocycles. The van der Waals surface area contributed by atoms with Crippen LogP contribution >= 0.6 is 0 Å². The van der Waals surface area contributed by atoms with Crippen molar-refractivity contribution in [3.8, 4) is 11.5 Å². The van der Waals surface area contributed by atoms with Crippen LogP contribution in [0.5, 0.6) is 11.5 Å². The molecule has 0 aliphatic carbocycles. The summed E-state index contributed by atoms with van der Waals surface area (Å²) in [6.07, 6.45) is 0.553. The summed E-state index contributed by atoms with van der Waals surface area (Å²) >= 11 is 0. The molecule has 1 aromatic heterocycles. The molecule has 31 heavy (non-hydrogen) atoms. The Labute approximate surface area is 178 Å². The number of Topliss-reactive ketones (excluding diaryl/α,β-unsaturated/α-hetero) is 1. The average Bonchev–Trinajstić information content (AvgIpc) is 2.81. The summed E-state index contributed by atoms with van der Waals surface area (Å²) in [4.78, 5) is 29.3. The molecule has 158 valence electrons. The van der Waals surface area contributed by atoms with E-state index in [2.05, 4.69) is 4.98 Å². The van der Waals surface area contributed by atoms with Crippen LogP contribution in [0.4, 0.5) is 4.39 Å². The summed E-state index contributed by atoms with van der Waals surface area (Å²) in [5, 5.41) is 0. The summed E-state index contributed by atoms with van der Waals surface area (Å²) in [6, 6.07) is 15.9. The summed E-state index contributed by atoms with van der Waals surface area (Å²) in [5.74, 6) is -0.125. The minimum absolute atomic E-state index is 0.0312. The molecule has 0 spiro atoms. The first kappa shape index (κ1) is 20.5. The van der Waals surface area contributed by atoms with Crippen molar-refractivity contribution >= 4 is 11.8 Å². The number of hydrogen-bond acceptors (Lipinski definition) is 6. The van der Waals surface area contributed by atoms with E-state index in [9.17, 15) is 14.0 Å². The summed E-state index contributed by atoms with van der Waals surface area (Å²) in [5.41, 5.74) is 1.37. The first-order valence-electron chi connectivity index (χ1n) is 9.89. The van der Waals surface area contributed by atoms with Gasteiger partial charge in [-0.1, -0.05) is 18.2 Å². The summed E-state index contributed by atoms with van der Waals surface area (Å²) < 4.78 is 30.3. The highest BCUT2D eigenvalue weighted by Gasteiger charge is 2.22. The first-order valence-corrected chi connectivity index (χ1v) is 9.89. The fraction of sp³-hybridized carbons (Fsp3) is 0.208. The smallest absolute Gasteiger partial charge is 0.307 e. The highest BCUT2D eigenvalue weighted by molar-refractivity contribution is 5.98. The third-order valence-corrected chi connectivity index (χ3v) is 4.78. The van der Waals surface area contributed by atoms with E-state index in [4.69, 9.17) is 14.2 Å². The lowest BCUT2D eigenvalue weighted by atomic mass is 10.0. The molecule has 0 bridgehead atoms. The van der Waals surface area contributed by atoms with Crippen LogP contribution in [0.15, 0.2) is 66.9 Å². The third kappa shape index (κ3) is 5.06. The maximum absolute atomic E-state index is 13.7. The Morgan fingerprint density at radius 1 is 0.968 bits per heavy atom. The molecule has 1 aliphatic rings. The summed E-state index contributed by atoms with van der Waals surface area (Å²) in [6.45, 7) is 0.890. The second-order valence-corrected chi connectivity index (χ2v) is 6.96. The van der Waals surface area contributed by atoms with Gasteiger partial charge in [0, 0.05) is 23.7 Å². The first-order chi connectivity index (χ1) is 15.1. The quantitative estimate of drug-likeness (QED) is 0.419. The van der Waals surface area contributed by atoms with Crippen LogP contribution in [0.25, 0.3) is 0 Å². The maximum Gasteiger partial charge on any atom is 0.307 e. The molecule has 1 atom stereocenters. The van der Waals surface area contributed by atoms with Crippen molar-refractivity contribution in [3.05, 3.63) is 89.5 Å². The number of fused-ring (bicyclic) bond motifs is 1. The van der Waals surface area contributed by atoms with Gasteiger partial charge in [0.15, 0.2) is 23.4 Å². The van der Waals surface area contributed by atoms with Gasteiger partial charge >= 0.3 is 5.97 Å². The molecule has 0 saturated heterocycles. The van der Waals surface area contributed by atoms with Gasteiger partial charge < -0.3 is 14.2 Å². The maximum atomic E-state index is 13.7. The Kier molecular flexibility index (Phi) is 6.21. The molecule has 0 saturated carbocycles. The number of pyridine rings is 1. The van der Waals surface area contributed by atoms with Crippen molar-refractivity contribution in [1.82, 2.24) is 4.98 Å². The van der Waals surface area contributed by atoms with Gasteiger partial charge in [-0.3, -0.25) is 14.6 Å². The molecular formula is C24H20FNO5. The lowest BCUT2D eigenvalue weighted by molar-refractivity contribution is -0.147. The molecule has 7 heteroatoms. The van der Waals surface area contributed by atoms with Crippen molar-refractivity contribution in [1.29, 1.82) is 0 Å². The average molecular weight is 421 g/mol. The minimum Gasteiger partial charge on any atom is -0.486 e. The van der Waals surface area contributed by atoms with Crippen LogP contribution in [-0.4, -0.2) is 30.0 Å². The Morgan fingerprint density at radius 3 is 2.58 bits per heavy atom. The van der Waals surface area contributed by atoms with Gasteiger partial charge in [0.05, 0.1) is 12.1 Å². The monoisotopic (exact) mass is 421 g/mol. The normalized spacial score (nSPS) is 13.3. The van der Waals surface area contributed by atoms with Gasteiger partial charge in [-0.05, 0) is 42.5 Å². The highest BCUT2D eigenvalue weighted by Crippen LogP contribution is 2.31. The number of rotatable bonds is 7. The number of carbonyl (C=O) groups is 2. The Balaban J connectivity index is 1.43. The Morgan fingerprint density at radius 2 is 1.81 bits per heavy atom. The highest BCUT2D eigenvalue weighted by atomic mass is 19.1. The lowest BCUT2D eigenvalue weighted by Crippen LogP contribution is -2.16. The predicted octanol–water partition coefficient (Wildman–Crippen LogP) is 4.29. The molecular weight excluding hydrogens is 401 g/mol. The zero-order chi connectivity index (χ0) is 21.6. The predicted molar refractivity (Wildman–Crippen MR) is 110 cm³/mol. The number of ether oxygens (including phenoxy) is 3. The van der Waals surface area contributed by atoms with Crippen molar-refractivity contribution < 1.29 is 28.2 Å². The van der Waals surface area contributed by atoms with Crippen molar-refractivity contribution in [2.24, 2.45) is 0 Å². The molecule has 0 N–H and O–H groups in total. The minimum atomic E-state index is -0.867. The van der Waals surface area contributed by atoms with Crippen molar-refractivity contribution in [2.75, 3.05) is 13.2 Å². The van der Waals surface area contributed by atoms with Gasteiger partial charge in [0.1, 0.15) is 19.0 Å². The molecule has 6 nitrogen and oxygen atoms in total. The van der Waals surface area contributed by atoms with Crippen LogP contribution < -0.4 is 9.47 Å². The van der Waals surface area contributed by atoms with E-state index < -0.39 is 17.9 Å². The van der Waals surface area contributed by atoms with Crippen LogP contribution in [0, 0.1) is 5.82 Å². The van der Waals surface area contributed by atoms with E-state index in [1.165, 1.54) is 12.1 Å². The number of halogens is 1. The molecule has 0 amide bonds. The third-order valence-electron chi connectivity index (χ3n) is 4.78. The zero-order valence-electron chi connectivity index (χ0n) is 16.6. The number of ketones is 1. The lowest BCUT2D eigenvalue weighted by Gasteiger charge is -2.19. The van der Waals surface area contributed by atoms with Crippen LogP contribution in [0.1, 0.15) is 40.6 Å². The van der Waals surface area contributed by atoms with Crippen molar-refractivity contribution in [3.63, 3.8) is 0 Å². The van der Waals surface area contributed by atoms with E-state index in [-0.39, 0.29) is 18.6 Å². The fourth-order valence-corrected chi connectivity index (χ4v) is 3.27. The van der Waals surface area contributed by atoms with Gasteiger partial charge in [-0.25, -0.2) is 4.39 Å². The van der Waals surface area contributed by atoms with E-state index in [1.54, 1.807) is 54.7 Å². The van der Waals surface area contributed by atoms with E-state index in [0.717, 1.165) is 0 Å². The second kappa shape index (κ2) is 9.38. The molecule has 4 rings (SSSR count). The van der Waals surface area contributed by atoms with Gasteiger partial charge in [0.2, 0.25) is 0 Å². The van der Waals surface area contributed by atoms with Crippen LogP contribution in [0.2, 0.25) is 0 Å². The standard InChI is InChI=1S/C24H20FNO5/c25-18-5-3-4-17(14-18)24(19-6-1-2-11-26-19)31-23(28)10-8-20(27)16-7-9-21-22(15-16)30-13-12-29-21/h1-7,9,11,14-15,24H,8,10,12-13H2. The number of benzene rings is 2.